The molecule has 6 heteroatoms. The summed E-state index contributed by atoms with van der Waals surface area (Å²) in [5, 5.41) is 7.25. The van der Waals surface area contributed by atoms with Crippen LogP contribution in [0.5, 0.6) is 0 Å². The number of piperidine rings is 1. The van der Waals surface area contributed by atoms with E-state index in [2.05, 4.69) is 29.3 Å². The lowest BCUT2D eigenvalue weighted by molar-refractivity contribution is 0.0888. The van der Waals surface area contributed by atoms with E-state index in [4.69, 9.17) is 5.73 Å². The van der Waals surface area contributed by atoms with Crippen molar-refractivity contribution < 1.29 is 4.79 Å². The van der Waals surface area contributed by atoms with Gasteiger partial charge in [0.05, 0.1) is 11.4 Å². The lowest BCUT2D eigenvalue weighted by Crippen LogP contribution is -2.47. The number of likely N-dealkylation sites (tertiary alicyclic amines) is 1. The van der Waals surface area contributed by atoms with Gasteiger partial charge in [0.25, 0.3) is 5.91 Å². The fourth-order valence-electron chi connectivity index (χ4n) is 2.62. The molecular formula is C13H23N5O. The largest absolute Gasteiger partial charge is 0.395 e. The molecule has 0 spiro atoms. The molecule has 1 aliphatic rings. The van der Waals surface area contributed by atoms with Gasteiger partial charge in [0.15, 0.2) is 0 Å². The summed E-state index contributed by atoms with van der Waals surface area (Å²) in [6.45, 7) is 5.00. The van der Waals surface area contributed by atoms with Crippen LogP contribution in [0, 0.1) is 6.92 Å². The zero-order chi connectivity index (χ0) is 14.2. The summed E-state index contributed by atoms with van der Waals surface area (Å²) in [5.41, 5.74) is 7.54. The molecule has 1 amide bonds. The minimum atomic E-state index is -0.123. The van der Waals surface area contributed by atoms with Crippen molar-refractivity contribution in [2.24, 2.45) is 7.05 Å². The van der Waals surface area contributed by atoms with Crippen LogP contribution >= 0.6 is 0 Å². The number of nitrogen functional groups attached to an aromatic ring is 1. The first kappa shape index (κ1) is 13.9. The highest BCUT2D eigenvalue weighted by atomic mass is 16.2. The molecule has 0 radical (unpaired) electrons. The number of aromatic nitrogens is 2. The monoisotopic (exact) mass is 265 g/mol. The Bertz CT molecular complexity index is 482. The Kier molecular flexibility index (Phi) is 3.80. The number of amides is 1. The molecule has 1 aliphatic heterocycles. The van der Waals surface area contributed by atoms with E-state index >= 15 is 0 Å². The van der Waals surface area contributed by atoms with Gasteiger partial charge in [-0.05, 0) is 33.7 Å². The molecule has 0 aliphatic carbocycles. The number of anilines is 1. The van der Waals surface area contributed by atoms with E-state index in [0.717, 1.165) is 19.4 Å². The van der Waals surface area contributed by atoms with Crippen LogP contribution in [-0.4, -0.2) is 46.3 Å². The Labute approximate surface area is 113 Å². The Hall–Kier alpha value is -1.56. The summed E-state index contributed by atoms with van der Waals surface area (Å²) >= 11 is 0. The first-order valence-corrected chi connectivity index (χ1v) is 6.70. The van der Waals surface area contributed by atoms with E-state index in [9.17, 15) is 4.79 Å². The molecule has 2 heterocycles. The molecule has 2 atom stereocenters. The zero-order valence-electron chi connectivity index (χ0n) is 12.1. The molecule has 0 aromatic carbocycles. The van der Waals surface area contributed by atoms with Crippen molar-refractivity contribution in [1.82, 2.24) is 20.0 Å². The predicted molar refractivity (Wildman–Crippen MR) is 74.9 cm³/mol. The van der Waals surface area contributed by atoms with Crippen LogP contribution in [0.25, 0.3) is 0 Å². The molecule has 2 rings (SSSR count). The van der Waals surface area contributed by atoms with Gasteiger partial charge < -0.3 is 16.0 Å². The second kappa shape index (κ2) is 5.21. The fourth-order valence-corrected chi connectivity index (χ4v) is 2.62. The van der Waals surface area contributed by atoms with Crippen molar-refractivity contribution in [3.63, 3.8) is 0 Å². The van der Waals surface area contributed by atoms with Gasteiger partial charge in [-0.2, -0.15) is 5.10 Å². The van der Waals surface area contributed by atoms with E-state index in [1.165, 1.54) is 0 Å². The maximum Gasteiger partial charge on any atom is 0.271 e. The van der Waals surface area contributed by atoms with Gasteiger partial charge in [-0.15, -0.1) is 0 Å². The highest BCUT2D eigenvalue weighted by Gasteiger charge is 2.26. The molecule has 0 bridgehead atoms. The van der Waals surface area contributed by atoms with Crippen LogP contribution in [0.2, 0.25) is 0 Å². The smallest absolute Gasteiger partial charge is 0.271 e. The van der Waals surface area contributed by atoms with Crippen molar-refractivity contribution in [2.75, 3.05) is 19.3 Å². The van der Waals surface area contributed by atoms with Gasteiger partial charge in [-0.3, -0.25) is 9.48 Å². The molecule has 3 N–H and O–H groups in total. The maximum absolute atomic E-state index is 12.3. The van der Waals surface area contributed by atoms with Gasteiger partial charge in [0, 0.05) is 25.7 Å². The average molecular weight is 265 g/mol. The van der Waals surface area contributed by atoms with Gasteiger partial charge in [-0.1, -0.05) is 0 Å². The summed E-state index contributed by atoms with van der Waals surface area (Å²) in [6, 6.07) is 0.706. The minimum Gasteiger partial charge on any atom is -0.395 e. The molecule has 1 aromatic rings. The lowest BCUT2D eigenvalue weighted by Gasteiger charge is -2.35. The minimum absolute atomic E-state index is 0.123. The van der Waals surface area contributed by atoms with Crippen molar-refractivity contribution in [3.8, 4) is 0 Å². The zero-order valence-corrected chi connectivity index (χ0v) is 12.1. The summed E-state index contributed by atoms with van der Waals surface area (Å²) in [5.74, 6) is -0.123. The average Bonchev–Trinajstić information content (AvgIpc) is 2.58. The summed E-state index contributed by atoms with van der Waals surface area (Å²) in [4.78, 5) is 14.6. The van der Waals surface area contributed by atoms with Crippen LogP contribution < -0.4 is 11.1 Å². The number of nitrogens with zero attached hydrogens (tertiary/aromatic N) is 3. The van der Waals surface area contributed by atoms with Crippen molar-refractivity contribution in [3.05, 3.63) is 11.4 Å². The predicted octanol–water partition coefficient (Wildman–Crippen LogP) is 0.523. The number of nitrogens with two attached hydrogens (primary N) is 1. The summed E-state index contributed by atoms with van der Waals surface area (Å²) < 4.78 is 1.55. The Morgan fingerprint density at radius 3 is 2.68 bits per heavy atom. The van der Waals surface area contributed by atoms with Crippen LogP contribution in [0.4, 0.5) is 5.69 Å². The van der Waals surface area contributed by atoms with E-state index in [0.29, 0.717) is 23.1 Å². The van der Waals surface area contributed by atoms with E-state index in [-0.39, 0.29) is 11.9 Å². The standard InChI is InChI=1S/C13H23N5O/c1-8-7-10(5-6-17(8)3)15-13(19)12-11(14)9(2)16-18(12)4/h8,10H,5-7,14H2,1-4H3,(H,15,19). The third-order valence-corrected chi connectivity index (χ3v) is 4.03. The normalized spacial score (nSPS) is 24.4. The van der Waals surface area contributed by atoms with E-state index in [1.54, 1.807) is 11.7 Å². The van der Waals surface area contributed by atoms with Gasteiger partial charge in [0.1, 0.15) is 5.69 Å². The van der Waals surface area contributed by atoms with Crippen LogP contribution in [0.15, 0.2) is 0 Å². The number of rotatable bonds is 2. The number of nitrogens with one attached hydrogen (secondary N) is 1. The highest BCUT2D eigenvalue weighted by molar-refractivity contribution is 5.98. The highest BCUT2D eigenvalue weighted by Crippen LogP contribution is 2.18. The Morgan fingerprint density at radius 2 is 2.16 bits per heavy atom. The number of carbonyl (C=O) groups excluding carboxylic acids is 1. The molecule has 1 aromatic heterocycles. The molecular weight excluding hydrogens is 242 g/mol. The van der Waals surface area contributed by atoms with Crippen molar-refractivity contribution >= 4 is 11.6 Å². The van der Waals surface area contributed by atoms with Crippen LogP contribution in [0.1, 0.15) is 35.9 Å². The van der Waals surface area contributed by atoms with Crippen molar-refractivity contribution in [2.45, 2.75) is 38.8 Å². The Balaban J connectivity index is 2.05. The maximum atomic E-state index is 12.3. The third-order valence-electron chi connectivity index (χ3n) is 4.03. The quantitative estimate of drug-likeness (QED) is 0.817. The molecule has 0 saturated carbocycles. The second-order valence-corrected chi connectivity index (χ2v) is 5.50. The molecule has 1 saturated heterocycles. The molecule has 2 unspecified atom stereocenters. The third kappa shape index (κ3) is 2.73. The van der Waals surface area contributed by atoms with E-state index in [1.807, 2.05) is 6.92 Å². The van der Waals surface area contributed by atoms with E-state index < -0.39 is 0 Å². The number of aryl methyl sites for hydroxylation is 2. The fraction of sp³-hybridized carbons (Fsp3) is 0.692. The Morgan fingerprint density at radius 1 is 1.47 bits per heavy atom. The number of hydrogen-bond donors (Lipinski definition) is 2. The van der Waals surface area contributed by atoms with Gasteiger partial charge in [-0.25, -0.2) is 0 Å². The number of carbonyl (C=O) groups is 1. The molecule has 19 heavy (non-hydrogen) atoms. The summed E-state index contributed by atoms with van der Waals surface area (Å²) in [7, 11) is 3.86. The van der Waals surface area contributed by atoms with Gasteiger partial charge in [0.2, 0.25) is 0 Å². The lowest BCUT2D eigenvalue weighted by atomic mass is 9.99. The van der Waals surface area contributed by atoms with Crippen molar-refractivity contribution in [1.29, 1.82) is 0 Å². The first-order valence-electron chi connectivity index (χ1n) is 6.70. The molecule has 1 fully saturated rings. The van der Waals surface area contributed by atoms with Crippen LogP contribution in [0.3, 0.4) is 0 Å². The summed E-state index contributed by atoms with van der Waals surface area (Å²) in [6.07, 6.45) is 1.95. The molecule has 6 nitrogen and oxygen atoms in total. The van der Waals surface area contributed by atoms with Gasteiger partial charge >= 0.3 is 0 Å². The second-order valence-electron chi connectivity index (χ2n) is 5.50. The number of hydrogen-bond acceptors (Lipinski definition) is 4. The first-order chi connectivity index (χ1) is 8.90. The molecule has 106 valence electrons. The van der Waals surface area contributed by atoms with Crippen LogP contribution in [-0.2, 0) is 7.05 Å². The topological polar surface area (TPSA) is 76.2 Å². The SMILES string of the molecule is Cc1nn(C)c(C(=O)NC2CCN(C)C(C)C2)c1N.